The highest BCUT2D eigenvalue weighted by Crippen LogP contribution is 2.50. The first-order valence-corrected chi connectivity index (χ1v) is 11.9. The van der Waals surface area contributed by atoms with Crippen LogP contribution < -0.4 is 10.00 Å². The molecule has 4 aromatic rings. The van der Waals surface area contributed by atoms with Gasteiger partial charge in [-0.1, -0.05) is 21.1 Å². The van der Waals surface area contributed by atoms with Crippen molar-refractivity contribution >= 4 is 34.6 Å². The van der Waals surface area contributed by atoms with Crippen LogP contribution in [0.15, 0.2) is 36.6 Å². The number of rotatable bonds is 5. The molecule has 0 aliphatic carbocycles. The van der Waals surface area contributed by atoms with E-state index in [1.807, 2.05) is 0 Å². The summed E-state index contributed by atoms with van der Waals surface area (Å²) in [5.74, 6) is -34.8. The first-order valence-electron chi connectivity index (χ1n) is 11.9. The molecule has 1 atom stereocenters. The first kappa shape index (κ1) is 36.2. The Bertz CT molecular complexity index is 1930. The zero-order valence-electron chi connectivity index (χ0n) is 22.1. The largest absolute Gasteiger partial charge is 0.715 e. The lowest BCUT2D eigenvalue weighted by Gasteiger charge is -2.37. The third kappa shape index (κ3) is 5.73. The van der Waals surface area contributed by atoms with Crippen molar-refractivity contribution in [1.29, 1.82) is 0 Å². The van der Waals surface area contributed by atoms with Gasteiger partial charge in [0.2, 0.25) is 11.6 Å². The molecule has 0 aromatic heterocycles. The molecule has 0 saturated heterocycles. The molecule has 5 nitrogen and oxygen atoms in total. The second-order valence-electron chi connectivity index (χ2n) is 9.07. The minimum absolute atomic E-state index is 0.215. The van der Waals surface area contributed by atoms with E-state index in [2.05, 4.69) is 14.0 Å². The van der Waals surface area contributed by atoms with Crippen LogP contribution in [0.3, 0.4) is 0 Å². The zero-order valence-corrected chi connectivity index (χ0v) is 22.1. The molecule has 0 fully saturated rings. The highest BCUT2D eigenvalue weighted by Gasteiger charge is 2.75. The summed E-state index contributed by atoms with van der Waals surface area (Å²) >= 11 is 0. The highest BCUT2D eigenvalue weighted by atomic mass is 19.4. The Kier molecular flexibility index (Phi) is 9.36. The van der Waals surface area contributed by atoms with Gasteiger partial charge in [0.05, 0.1) is 17.0 Å². The topological polar surface area (TPSA) is 51.2 Å². The molecule has 4 aromatic carbocycles. The summed E-state index contributed by atoms with van der Waals surface area (Å²) in [4.78, 5) is 0. The van der Waals surface area contributed by atoms with Gasteiger partial charge in [-0.3, -0.25) is 0 Å². The molecule has 1 aliphatic heterocycles. The maximum Gasteiger partial charge on any atom is 0.715 e. The standard InChI is InChI=1S/C19H7BF10O4.C6F7N/c21-9-3-1-2-7-6-8-11(12(22)10(7)9)13(23)14(24)15(25)16(8)33-20(31)34-19(30)18(28,29)17(26,27)4-5-32-19;7-1-2(8)4(10)6(14(12)13)5(11)3(1)9/h1-6,31H;. The number of fused-ring (bicyclic) bond motifs is 2. The zero-order chi connectivity index (χ0) is 36.3. The van der Waals surface area contributed by atoms with Crippen molar-refractivity contribution in [3.63, 3.8) is 0 Å². The molecule has 1 N–H and O–H groups in total. The highest BCUT2D eigenvalue weighted by molar-refractivity contribution is 6.36. The van der Waals surface area contributed by atoms with Gasteiger partial charge in [0, 0.05) is 11.5 Å². The van der Waals surface area contributed by atoms with Crippen molar-refractivity contribution in [3.8, 4) is 5.75 Å². The Morgan fingerprint density at radius 1 is 0.688 bits per heavy atom. The number of alkyl halides is 5. The maximum atomic E-state index is 14.8. The van der Waals surface area contributed by atoms with E-state index >= 15 is 0 Å². The third-order valence-corrected chi connectivity index (χ3v) is 6.22. The fourth-order valence-electron chi connectivity index (χ4n) is 3.98. The van der Waals surface area contributed by atoms with Crippen LogP contribution in [0.1, 0.15) is 0 Å². The van der Waals surface area contributed by atoms with E-state index in [1.54, 1.807) is 0 Å². The number of hydrogen-bond donors (Lipinski definition) is 1. The predicted octanol–water partition coefficient (Wildman–Crippen LogP) is 8.46. The molecule has 258 valence electrons. The summed E-state index contributed by atoms with van der Waals surface area (Å²) in [6.07, 6.45) is -0.731. The summed E-state index contributed by atoms with van der Waals surface area (Å²) < 4.78 is 237. The van der Waals surface area contributed by atoms with Crippen LogP contribution in [0.2, 0.25) is 0 Å². The lowest BCUT2D eigenvalue weighted by Crippen LogP contribution is -2.62. The number of ether oxygens (including phenoxy) is 1. The van der Waals surface area contributed by atoms with Gasteiger partial charge >= 0.3 is 25.2 Å². The van der Waals surface area contributed by atoms with Crippen LogP contribution in [0.5, 0.6) is 5.75 Å². The molecule has 23 heteroatoms. The molecule has 1 aliphatic rings. The lowest BCUT2D eigenvalue weighted by atomic mass is 10.00. The summed E-state index contributed by atoms with van der Waals surface area (Å²) in [5, 5.41) is 3.93. The smallest absolute Gasteiger partial charge is 0.509 e. The molecular weight excluding hydrogens is 712 g/mol. The summed E-state index contributed by atoms with van der Waals surface area (Å²) in [7, 11) is -3.41. The minimum atomic E-state index is -5.76. The average molecular weight is 719 g/mol. The molecule has 0 radical (unpaired) electrons. The Balaban J connectivity index is 0.000000312. The summed E-state index contributed by atoms with van der Waals surface area (Å²) in [6, 6.07) is -1.48. The van der Waals surface area contributed by atoms with Gasteiger partial charge in [-0.15, -0.1) is 0 Å². The second-order valence-corrected chi connectivity index (χ2v) is 9.07. The fourth-order valence-corrected chi connectivity index (χ4v) is 3.98. The Morgan fingerprint density at radius 3 is 1.79 bits per heavy atom. The van der Waals surface area contributed by atoms with E-state index in [9.17, 15) is 79.8 Å². The van der Waals surface area contributed by atoms with Crippen molar-refractivity contribution in [2.24, 2.45) is 0 Å². The van der Waals surface area contributed by atoms with Gasteiger partial charge in [0.25, 0.3) is 0 Å². The Morgan fingerprint density at radius 2 is 1.23 bits per heavy atom. The number of halogens is 17. The number of hydrogen-bond acceptors (Lipinski definition) is 5. The monoisotopic (exact) mass is 719 g/mol. The van der Waals surface area contributed by atoms with E-state index in [0.29, 0.717) is 6.07 Å². The van der Waals surface area contributed by atoms with E-state index < -0.39 is 122 Å². The number of anilines is 1. The van der Waals surface area contributed by atoms with Crippen LogP contribution in [0.25, 0.3) is 21.5 Å². The van der Waals surface area contributed by atoms with Crippen LogP contribution in [-0.4, -0.2) is 30.2 Å². The maximum absolute atomic E-state index is 14.8. The SMILES string of the molecule is Fc1c(F)c(F)c(N(F)F)c(F)c1F.OB(Oc1c(F)c(F)c(F)c2c(F)c3c(F)cccc3cc12)OC1(F)OC=CC(F)(F)C1(F)F. The van der Waals surface area contributed by atoms with Gasteiger partial charge in [-0.2, -0.15) is 26.3 Å². The molecule has 0 bridgehead atoms. The van der Waals surface area contributed by atoms with E-state index in [-0.39, 0.29) is 11.6 Å². The molecular formula is C25H7BF17NO4. The summed E-state index contributed by atoms with van der Waals surface area (Å²) in [5.41, 5.74) is -2.28. The van der Waals surface area contributed by atoms with Gasteiger partial charge in [-0.05, 0) is 22.9 Å². The first-order chi connectivity index (χ1) is 22.1. The van der Waals surface area contributed by atoms with Crippen LogP contribution in [0.4, 0.5) is 80.5 Å². The normalized spacial score (nSPS) is 18.0. The van der Waals surface area contributed by atoms with Crippen molar-refractivity contribution in [1.82, 2.24) is 0 Å². The summed E-state index contributed by atoms with van der Waals surface area (Å²) in [6.45, 7) is 0. The minimum Gasteiger partial charge on any atom is -0.509 e. The van der Waals surface area contributed by atoms with Crippen LogP contribution >= 0.6 is 0 Å². The van der Waals surface area contributed by atoms with Crippen LogP contribution in [0, 0.1) is 58.2 Å². The van der Waals surface area contributed by atoms with Gasteiger partial charge < -0.3 is 19.1 Å². The van der Waals surface area contributed by atoms with E-state index in [1.165, 1.54) is 0 Å². The average Bonchev–Trinajstić information content (AvgIpc) is 2.99. The van der Waals surface area contributed by atoms with Crippen LogP contribution in [-0.2, 0) is 9.39 Å². The Hall–Kier alpha value is -4.67. The number of nitrogens with zero attached hydrogens (tertiary/aromatic N) is 1. The third-order valence-electron chi connectivity index (χ3n) is 6.22. The van der Waals surface area contributed by atoms with Gasteiger partial charge in [-0.25, -0.2) is 39.5 Å². The van der Waals surface area contributed by atoms with Crippen molar-refractivity contribution in [3.05, 3.63) is 94.8 Å². The van der Waals surface area contributed by atoms with Gasteiger partial charge in [0.1, 0.15) is 11.6 Å². The molecule has 1 heterocycles. The Labute approximate surface area is 252 Å². The quantitative estimate of drug-likeness (QED) is 0.0561. The molecule has 1 unspecified atom stereocenters. The molecule has 0 amide bonds. The lowest BCUT2D eigenvalue weighted by molar-refractivity contribution is -0.409. The van der Waals surface area contributed by atoms with Crippen molar-refractivity contribution in [2.75, 3.05) is 5.34 Å². The fraction of sp³-hybridized carbons (Fsp3) is 0.120. The van der Waals surface area contributed by atoms with Crippen molar-refractivity contribution in [2.45, 2.75) is 17.9 Å². The number of benzene rings is 4. The molecule has 0 spiro atoms. The number of allylic oxidation sites excluding steroid dienone is 1. The van der Waals surface area contributed by atoms with Gasteiger partial charge in [0.15, 0.2) is 46.3 Å². The molecule has 0 saturated carbocycles. The molecule has 48 heavy (non-hydrogen) atoms. The van der Waals surface area contributed by atoms with Crippen molar-refractivity contribution < 1.29 is 93.9 Å². The predicted molar refractivity (Wildman–Crippen MR) is 126 cm³/mol. The second kappa shape index (κ2) is 12.4. The van der Waals surface area contributed by atoms with E-state index in [0.717, 1.165) is 18.2 Å². The molecule has 5 rings (SSSR count). The van der Waals surface area contributed by atoms with E-state index in [4.69, 9.17) is 0 Å².